The molecule has 0 bridgehead atoms. The van der Waals surface area contributed by atoms with Crippen molar-refractivity contribution in [2.45, 2.75) is 43.8 Å². The molecule has 3 heterocycles. The van der Waals surface area contributed by atoms with E-state index in [0.29, 0.717) is 6.61 Å². The standard InChI is InChI=1S/C15H21N3O7/c19-7-11-10(20)4-12(25-11)18-6-9(14(22)17-15(18)23)13(21)16-5-8-2-1-3-24-8/h6,8,10-12,19-20H,1-5,7H2,(H,16,21)(H,17,22,23)/t8-,10?,11+,12+/m0/s1. The van der Waals surface area contributed by atoms with Gasteiger partial charge in [0.1, 0.15) is 17.9 Å². The molecule has 0 saturated carbocycles. The van der Waals surface area contributed by atoms with E-state index in [-0.39, 0.29) is 24.6 Å². The first kappa shape index (κ1) is 17.8. The maximum Gasteiger partial charge on any atom is 0.330 e. The first-order valence-electron chi connectivity index (χ1n) is 8.19. The third kappa shape index (κ3) is 3.82. The molecule has 1 aromatic heterocycles. The van der Waals surface area contributed by atoms with Crippen molar-refractivity contribution in [3.63, 3.8) is 0 Å². The van der Waals surface area contributed by atoms with Crippen LogP contribution in [0.3, 0.4) is 0 Å². The van der Waals surface area contributed by atoms with E-state index >= 15 is 0 Å². The number of aromatic nitrogens is 2. The highest BCUT2D eigenvalue weighted by atomic mass is 16.5. The number of aliphatic hydroxyl groups excluding tert-OH is 2. The molecule has 1 aromatic rings. The maximum absolute atomic E-state index is 12.3. The summed E-state index contributed by atoms with van der Waals surface area (Å²) < 4.78 is 11.8. The lowest BCUT2D eigenvalue weighted by atomic mass is 10.2. The Morgan fingerprint density at radius 1 is 1.44 bits per heavy atom. The minimum absolute atomic E-state index is 0.0636. The fourth-order valence-electron chi connectivity index (χ4n) is 3.02. The normalized spacial score (nSPS) is 29.0. The Kier molecular flexibility index (Phi) is 5.33. The van der Waals surface area contributed by atoms with Gasteiger partial charge in [-0.05, 0) is 12.8 Å². The third-order valence-electron chi connectivity index (χ3n) is 4.42. The van der Waals surface area contributed by atoms with Crippen LogP contribution in [-0.2, 0) is 9.47 Å². The van der Waals surface area contributed by atoms with Crippen LogP contribution in [0.2, 0.25) is 0 Å². The monoisotopic (exact) mass is 355 g/mol. The number of aromatic amines is 1. The van der Waals surface area contributed by atoms with E-state index in [1.165, 1.54) is 0 Å². The molecule has 2 aliphatic rings. The van der Waals surface area contributed by atoms with Crippen LogP contribution in [0.25, 0.3) is 0 Å². The van der Waals surface area contributed by atoms with Crippen molar-refractivity contribution in [2.75, 3.05) is 19.8 Å². The Labute approximate surface area is 142 Å². The van der Waals surface area contributed by atoms with Crippen molar-refractivity contribution in [3.8, 4) is 0 Å². The summed E-state index contributed by atoms with van der Waals surface area (Å²) in [4.78, 5) is 38.3. The van der Waals surface area contributed by atoms with E-state index in [2.05, 4.69) is 10.3 Å². The summed E-state index contributed by atoms with van der Waals surface area (Å²) in [5.41, 5.74) is -1.79. The highest BCUT2D eigenvalue weighted by Gasteiger charge is 2.35. The lowest BCUT2D eigenvalue weighted by molar-refractivity contribution is -0.0459. The highest BCUT2D eigenvalue weighted by Crippen LogP contribution is 2.27. The predicted octanol–water partition coefficient (Wildman–Crippen LogP) is -1.91. The number of ether oxygens (including phenoxy) is 2. The van der Waals surface area contributed by atoms with Crippen molar-refractivity contribution in [3.05, 3.63) is 32.6 Å². The zero-order valence-corrected chi connectivity index (χ0v) is 13.5. The van der Waals surface area contributed by atoms with Gasteiger partial charge < -0.3 is 25.0 Å². The zero-order chi connectivity index (χ0) is 18.0. The number of carbonyl (C=O) groups excluding carboxylic acids is 1. The summed E-state index contributed by atoms with van der Waals surface area (Å²) in [7, 11) is 0. The Bertz CT molecular complexity index is 737. The third-order valence-corrected chi connectivity index (χ3v) is 4.42. The number of carbonyl (C=O) groups is 1. The van der Waals surface area contributed by atoms with Gasteiger partial charge in [0.2, 0.25) is 0 Å². The van der Waals surface area contributed by atoms with Gasteiger partial charge in [0, 0.05) is 25.8 Å². The van der Waals surface area contributed by atoms with Gasteiger partial charge in [0.15, 0.2) is 0 Å². The molecule has 1 amide bonds. The van der Waals surface area contributed by atoms with Gasteiger partial charge in [0.05, 0.1) is 18.8 Å². The minimum atomic E-state index is -0.939. The van der Waals surface area contributed by atoms with Gasteiger partial charge in [-0.15, -0.1) is 0 Å². The lowest BCUT2D eigenvalue weighted by Crippen LogP contribution is -2.40. The summed E-state index contributed by atoms with van der Waals surface area (Å²) in [6.07, 6.45) is 0.239. The summed E-state index contributed by atoms with van der Waals surface area (Å²) in [5, 5.41) is 21.5. The molecule has 3 rings (SSSR count). The molecular formula is C15H21N3O7. The quantitative estimate of drug-likeness (QED) is 0.482. The maximum atomic E-state index is 12.3. The van der Waals surface area contributed by atoms with Gasteiger partial charge in [-0.2, -0.15) is 0 Å². The summed E-state index contributed by atoms with van der Waals surface area (Å²) in [5.74, 6) is -0.622. The Balaban J connectivity index is 1.77. The van der Waals surface area contributed by atoms with Crippen LogP contribution in [-0.4, -0.2) is 63.7 Å². The summed E-state index contributed by atoms with van der Waals surface area (Å²) in [6, 6.07) is 0. The van der Waals surface area contributed by atoms with Crippen LogP contribution in [0.5, 0.6) is 0 Å². The molecule has 4 atom stereocenters. The molecule has 0 spiro atoms. The van der Waals surface area contributed by atoms with Gasteiger partial charge >= 0.3 is 5.69 Å². The fourth-order valence-corrected chi connectivity index (χ4v) is 3.02. The number of nitrogens with one attached hydrogen (secondary N) is 2. The van der Waals surface area contributed by atoms with Gasteiger partial charge in [-0.3, -0.25) is 19.1 Å². The number of amides is 1. The molecular weight excluding hydrogens is 334 g/mol. The Morgan fingerprint density at radius 3 is 2.88 bits per heavy atom. The Hall–Kier alpha value is -2.01. The average molecular weight is 355 g/mol. The van der Waals surface area contributed by atoms with Crippen LogP contribution >= 0.6 is 0 Å². The second-order valence-electron chi connectivity index (χ2n) is 6.17. The van der Waals surface area contributed by atoms with Crippen LogP contribution < -0.4 is 16.6 Å². The molecule has 4 N–H and O–H groups in total. The van der Waals surface area contributed by atoms with Crippen molar-refractivity contribution < 1.29 is 24.5 Å². The molecule has 10 nitrogen and oxygen atoms in total. The van der Waals surface area contributed by atoms with E-state index in [1.807, 2.05) is 0 Å². The van der Waals surface area contributed by atoms with Crippen molar-refractivity contribution in [2.24, 2.45) is 0 Å². The van der Waals surface area contributed by atoms with Crippen LogP contribution in [0.4, 0.5) is 0 Å². The number of rotatable bonds is 5. The predicted molar refractivity (Wildman–Crippen MR) is 84.2 cm³/mol. The minimum Gasteiger partial charge on any atom is -0.394 e. The van der Waals surface area contributed by atoms with Crippen molar-refractivity contribution in [1.82, 2.24) is 14.9 Å². The zero-order valence-electron chi connectivity index (χ0n) is 13.5. The van der Waals surface area contributed by atoms with E-state index in [1.54, 1.807) is 0 Å². The van der Waals surface area contributed by atoms with Crippen molar-refractivity contribution in [1.29, 1.82) is 0 Å². The first-order chi connectivity index (χ1) is 12.0. The summed E-state index contributed by atoms with van der Waals surface area (Å²) in [6.45, 7) is 0.534. The number of hydrogen-bond donors (Lipinski definition) is 4. The summed E-state index contributed by atoms with van der Waals surface area (Å²) >= 11 is 0. The Morgan fingerprint density at radius 2 is 2.24 bits per heavy atom. The van der Waals surface area contributed by atoms with Crippen LogP contribution in [0.15, 0.2) is 15.8 Å². The largest absolute Gasteiger partial charge is 0.394 e. The van der Waals surface area contributed by atoms with Crippen molar-refractivity contribution >= 4 is 5.91 Å². The molecule has 0 aromatic carbocycles. The average Bonchev–Trinajstić information content (AvgIpc) is 3.22. The van der Waals surface area contributed by atoms with Crippen LogP contribution in [0.1, 0.15) is 35.8 Å². The number of hydrogen-bond acceptors (Lipinski definition) is 7. The van der Waals surface area contributed by atoms with Crippen LogP contribution in [0, 0.1) is 0 Å². The van der Waals surface area contributed by atoms with E-state index in [4.69, 9.17) is 14.6 Å². The molecule has 10 heteroatoms. The molecule has 0 aliphatic carbocycles. The molecule has 0 radical (unpaired) electrons. The fraction of sp³-hybridized carbons (Fsp3) is 0.667. The van der Waals surface area contributed by atoms with Gasteiger partial charge in [-0.25, -0.2) is 4.79 Å². The SMILES string of the molecule is O=C(NC[C@@H]1CCCO1)c1cn([C@H]2CC(O)[C@@H](CO)O2)c(=O)[nH]c1=O. The number of aliphatic hydroxyl groups is 2. The molecule has 2 aliphatic heterocycles. The van der Waals surface area contributed by atoms with E-state index in [0.717, 1.165) is 23.6 Å². The second kappa shape index (κ2) is 7.48. The first-order valence-corrected chi connectivity index (χ1v) is 8.19. The number of H-pyrrole nitrogens is 1. The van der Waals surface area contributed by atoms with E-state index < -0.39 is 42.2 Å². The second-order valence-corrected chi connectivity index (χ2v) is 6.17. The van der Waals surface area contributed by atoms with Gasteiger partial charge in [-0.1, -0.05) is 0 Å². The molecule has 2 fully saturated rings. The lowest BCUT2D eigenvalue weighted by Gasteiger charge is -2.15. The molecule has 138 valence electrons. The molecule has 1 unspecified atom stereocenters. The molecule has 25 heavy (non-hydrogen) atoms. The number of nitrogens with zero attached hydrogens (tertiary/aromatic N) is 1. The van der Waals surface area contributed by atoms with E-state index in [9.17, 15) is 19.5 Å². The topological polar surface area (TPSA) is 143 Å². The molecule has 2 saturated heterocycles. The van der Waals surface area contributed by atoms with Gasteiger partial charge in [0.25, 0.3) is 11.5 Å². The smallest absolute Gasteiger partial charge is 0.330 e. The highest BCUT2D eigenvalue weighted by molar-refractivity contribution is 5.93.